The van der Waals surface area contributed by atoms with Crippen LogP contribution in [0.4, 0.5) is 0 Å². The summed E-state index contributed by atoms with van der Waals surface area (Å²) in [4.78, 5) is 20.0. The number of aromatic nitrogens is 2. The highest BCUT2D eigenvalue weighted by molar-refractivity contribution is 9.10. The summed E-state index contributed by atoms with van der Waals surface area (Å²) in [5.41, 5.74) is 10.0. The molecule has 2 aliphatic rings. The van der Waals surface area contributed by atoms with Crippen LogP contribution in [0.1, 0.15) is 46.1 Å². The highest BCUT2D eigenvalue weighted by Crippen LogP contribution is 2.41. The molecule has 1 atom stereocenters. The summed E-state index contributed by atoms with van der Waals surface area (Å²) in [5.74, 6) is 0. The first-order valence-electron chi connectivity index (χ1n) is 13.2. The monoisotopic (exact) mass is 625 g/mol. The van der Waals surface area contributed by atoms with Crippen LogP contribution >= 0.6 is 38.9 Å². The number of nitrogens with zero attached hydrogens (tertiary/aromatic N) is 3. The van der Waals surface area contributed by atoms with Crippen molar-refractivity contribution in [3.63, 3.8) is 0 Å². The van der Waals surface area contributed by atoms with Gasteiger partial charge >= 0.3 is 0 Å². The van der Waals surface area contributed by atoms with Gasteiger partial charge in [0, 0.05) is 32.1 Å². The van der Waals surface area contributed by atoms with E-state index in [0.717, 1.165) is 56.0 Å². The molecule has 4 nitrogen and oxygen atoms in total. The van der Waals surface area contributed by atoms with Crippen LogP contribution in [0, 0.1) is 13.8 Å². The minimum Gasteiger partial charge on any atom is -0.318 e. The van der Waals surface area contributed by atoms with Crippen molar-refractivity contribution >= 4 is 50.6 Å². The molecule has 7 rings (SSSR count). The van der Waals surface area contributed by atoms with Gasteiger partial charge in [0.2, 0.25) is 0 Å². The highest BCUT2D eigenvalue weighted by atomic mass is 79.9. The Morgan fingerprint density at radius 1 is 1.00 bits per heavy atom. The minimum absolute atomic E-state index is 0.00151. The van der Waals surface area contributed by atoms with E-state index >= 15 is 0 Å². The zero-order valence-corrected chi connectivity index (χ0v) is 25.1. The standard InChI is InChI=1S/C33H25BrClN3OS/c1-19-17-23(20(2)37(19)26-14-12-25(35)13-15-26)18-29-32(39)38-31(22-7-10-24(34)11-8-22)28-16-9-21-5-3-4-6-27(21)30(28)36-33(38)40-29/h3-8,10-15,17-18,31H,9,16H2,1-2H3/b29-18-. The van der Waals surface area contributed by atoms with Crippen molar-refractivity contribution in [1.29, 1.82) is 0 Å². The molecule has 40 heavy (non-hydrogen) atoms. The number of halogens is 2. The van der Waals surface area contributed by atoms with E-state index in [4.69, 9.17) is 16.6 Å². The maximum absolute atomic E-state index is 14.1. The molecule has 0 saturated heterocycles. The van der Waals surface area contributed by atoms with E-state index in [9.17, 15) is 4.79 Å². The minimum atomic E-state index is -0.184. The second-order valence-electron chi connectivity index (χ2n) is 10.3. The lowest BCUT2D eigenvalue weighted by molar-refractivity contribution is 0.585. The number of fused-ring (bicyclic) bond motifs is 3. The number of thiazole rings is 1. The quantitative estimate of drug-likeness (QED) is 0.210. The molecule has 0 bridgehead atoms. The summed E-state index contributed by atoms with van der Waals surface area (Å²) in [6, 6.07) is 26.6. The first-order valence-corrected chi connectivity index (χ1v) is 15.2. The molecule has 7 heteroatoms. The van der Waals surface area contributed by atoms with E-state index in [1.807, 2.05) is 47.0 Å². The molecule has 0 N–H and O–H groups in total. The molecule has 3 heterocycles. The first-order chi connectivity index (χ1) is 19.4. The predicted octanol–water partition coefficient (Wildman–Crippen LogP) is 7.14. The Labute approximate surface area is 249 Å². The summed E-state index contributed by atoms with van der Waals surface area (Å²) in [6.07, 6.45) is 3.84. The van der Waals surface area contributed by atoms with Gasteiger partial charge in [0.25, 0.3) is 5.56 Å². The second kappa shape index (κ2) is 9.88. The zero-order chi connectivity index (χ0) is 27.5. The molecule has 0 spiro atoms. The van der Waals surface area contributed by atoms with Gasteiger partial charge in [-0.3, -0.25) is 9.36 Å². The van der Waals surface area contributed by atoms with Gasteiger partial charge in [-0.05, 0) is 97.5 Å². The molecule has 1 aliphatic heterocycles. The molecular formula is C33H25BrClN3OS. The van der Waals surface area contributed by atoms with Gasteiger partial charge in [0.1, 0.15) is 0 Å². The molecule has 5 aromatic rings. The summed E-state index contributed by atoms with van der Waals surface area (Å²) in [5, 5.41) is 0.707. The lowest BCUT2D eigenvalue weighted by atomic mass is 9.83. The number of hydrogen-bond acceptors (Lipinski definition) is 3. The van der Waals surface area contributed by atoms with Crippen molar-refractivity contribution in [3.05, 3.63) is 147 Å². The average Bonchev–Trinajstić information content (AvgIpc) is 3.42. The fourth-order valence-electron chi connectivity index (χ4n) is 6.03. The Kier molecular flexibility index (Phi) is 6.30. The van der Waals surface area contributed by atoms with Crippen molar-refractivity contribution in [2.24, 2.45) is 4.99 Å². The predicted molar refractivity (Wildman–Crippen MR) is 167 cm³/mol. The van der Waals surface area contributed by atoms with Crippen molar-refractivity contribution in [1.82, 2.24) is 9.13 Å². The van der Waals surface area contributed by atoms with Gasteiger partial charge < -0.3 is 4.57 Å². The maximum Gasteiger partial charge on any atom is 0.271 e. The lowest BCUT2D eigenvalue weighted by Crippen LogP contribution is -2.38. The molecular weight excluding hydrogens is 602 g/mol. The molecule has 0 fully saturated rings. The Hall–Kier alpha value is -3.45. The number of hydrogen-bond donors (Lipinski definition) is 0. The number of aryl methyl sites for hydroxylation is 2. The van der Waals surface area contributed by atoms with Crippen LogP contribution < -0.4 is 14.9 Å². The molecule has 0 saturated carbocycles. The van der Waals surface area contributed by atoms with Crippen molar-refractivity contribution < 1.29 is 0 Å². The zero-order valence-electron chi connectivity index (χ0n) is 22.0. The summed E-state index contributed by atoms with van der Waals surface area (Å²) >= 11 is 11.2. The smallest absolute Gasteiger partial charge is 0.271 e. The largest absolute Gasteiger partial charge is 0.318 e. The van der Waals surface area contributed by atoms with E-state index in [0.29, 0.717) is 9.55 Å². The number of benzene rings is 3. The SMILES string of the molecule is Cc1cc(/C=c2\sc3n(c2=O)C(c2ccc(Br)cc2)C2=C(N=3)c3ccccc3CC2)c(C)n1-c1ccc(Cl)cc1. The Morgan fingerprint density at radius 3 is 2.52 bits per heavy atom. The number of allylic oxidation sites excluding steroid dienone is 1. The molecule has 3 aromatic carbocycles. The highest BCUT2D eigenvalue weighted by Gasteiger charge is 2.32. The van der Waals surface area contributed by atoms with E-state index in [2.05, 4.69) is 76.8 Å². The fourth-order valence-corrected chi connectivity index (χ4v) is 7.41. The topological polar surface area (TPSA) is 39.3 Å². The Bertz CT molecular complexity index is 2010. The lowest BCUT2D eigenvalue weighted by Gasteiger charge is -2.30. The average molecular weight is 627 g/mol. The van der Waals surface area contributed by atoms with Crippen LogP contribution in [0.15, 0.2) is 98.7 Å². The maximum atomic E-state index is 14.1. The molecule has 2 aromatic heterocycles. The van der Waals surface area contributed by atoms with Crippen molar-refractivity contribution in [2.45, 2.75) is 32.7 Å². The fraction of sp³-hybridized carbons (Fsp3) is 0.152. The normalized spacial score (nSPS) is 16.4. The van der Waals surface area contributed by atoms with E-state index in [1.165, 1.54) is 28.0 Å². The van der Waals surface area contributed by atoms with E-state index in [1.54, 1.807) is 0 Å². The third kappa shape index (κ3) is 4.17. The van der Waals surface area contributed by atoms with Crippen LogP contribution in [-0.4, -0.2) is 9.13 Å². The molecule has 198 valence electrons. The van der Waals surface area contributed by atoms with E-state index in [-0.39, 0.29) is 11.6 Å². The summed E-state index contributed by atoms with van der Waals surface area (Å²) in [6.45, 7) is 4.17. The van der Waals surface area contributed by atoms with Crippen LogP contribution in [0.25, 0.3) is 17.5 Å². The van der Waals surface area contributed by atoms with Gasteiger partial charge in [-0.2, -0.15) is 0 Å². The Morgan fingerprint density at radius 2 is 1.75 bits per heavy atom. The van der Waals surface area contributed by atoms with Crippen molar-refractivity contribution in [2.75, 3.05) is 0 Å². The van der Waals surface area contributed by atoms with Gasteiger partial charge in [-0.15, -0.1) is 0 Å². The van der Waals surface area contributed by atoms with Gasteiger partial charge in [-0.1, -0.05) is 75.3 Å². The molecule has 0 amide bonds. The van der Waals surface area contributed by atoms with Crippen LogP contribution in [-0.2, 0) is 6.42 Å². The third-order valence-electron chi connectivity index (χ3n) is 7.90. The molecule has 1 aliphatic carbocycles. The Balaban J connectivity index is 1.43. The third-order valence-corrected chi connectivity index (χ3v) is 9.66. The van der Waals surface area contributed by atoms with Gasteiger partial charge in [0.15, 0.2) is 4.80 Å². The van der Waals surface area contributed by atoms with Crippen LogP contribution in [0.2, 0.25) is 5.02 Å². The summed E-state index contributed by atoms with van der Waals surface area (Å²) in [7, 11) is 0. The number of rotatable bonds is 3. The van der Waals surface area contributed by atoms with Gasteiger partial charge in [0.05, 0.1) is 16.3 Å². The van der Waals surface area contributed by atoms with Crippen molar-refractivity contribution in [3.8, 4) is 5.69 Å². The molecule has 1 unspecified atom stereocenters. The van der Waals surface area contributed by atoms with Crippen LogP contribution in [0.3, 0.4) is 0 Å². The second-order valence-corrected chi connectivity index (χ2v) is 12.7. The van der Waals surface area contributed by atoms with Gasteiger partial charge in [-0.25, -0.2) is 4.99 Å². The van der Waals surface area contributed by atoms with Crippen LogP contribution in [0.5, 0.6) is 0 Å². The summed E-state index contributed by atoms with van der Waals surface area (Å²) < 4.78 is 5.80. The molecule has 0 radical (unpaired) electrons. The first kappa shape index (κ1) is 25.5. The van der Waals surface area contributed by atoms with E-state index < -0.39 is 0 Å².